The standard InChI is InChI=1S/C23H20N2O3S/c1-17-9-8-14-20(15-17)29(26,27)23-22(24-16-18-10-4-2-5-11-18)28-21(25-23)19-12-6-3-7-13-19/h2-15,24H,16H2,1H3. The van der Waals surface area contributed by atoms with E-state index in [4.69, 9.17) is 4.42 Å². The lowest BCUT2D eigenvalue weighted by Gasteiger charge is -2.07. The lowest BCUT2D eigenvalue weighted by molar-refractivity contribution is 0.576. The zero-order valence-corrected chi connectivity index (χ0v) is 16.7. The van der Waals surface area contributed by atoms with Crippen LogP contribution in [0.25, 0.3) is 11.5 Å². The second-order valence-electron chi connectivity index (χ2n) is 6.68. The topological polar surface area (TPSA) is 72.2 Å². The summed E-state index contributed by atoms with van der Waals surface area (Å²) in [6, 6.07) is 25.7. The number of nitrogens with zero attached hydrogens (tertiary/aromatic N) is 1. The van der Waals surface area contributed by atoms with E-state index in [9.17, 15) is 8.42 Å². The monoisotopic (exact) mass is 404 g/mol. The second-order valence-corrected chi connectivity index (χ2v) is 8.54. The summed E-state index contributed by atoms with van der Waals surface area (Å²) in [5, 5.41) is 2.99. The van der Waals surface area contributed by atoms with Crippen LogP contribution >= 0.6 is 0 Å². The summed E-state index contributed by atoms with van der Waals surface area (Å²) < 4.78 is 32.5. The van der Waals surface area contributed by atoms with Crippen molar-refractivity contribution in [3.05, 3.63) is 96.1 Å². The Morgan fingerprint density at radius 3 is 2.28 bits per heavy atom. The Bertz CT molecular complexity index is 1220. The number of benzene rings is 3. The molecule has 1 heterocycles. The largest absolute Gasteiger partial charge is 0.419 e. The quantitative estimate of drug-likeness (QED) is 0.484. The molecular weight excluding hydrogens is 384 g/mol. The van der Waals surface area contributed by atoms with Crippen molar-refractivity contribution in [3.63, 3.8) is 0 Å². The maximum atomic E-state index is 13.3. The van der Waals surface area contributed by atoms with Gasteiger partial charge < -0.3 is 9.73 Å². The van der Waals surface area contributed by atoms with Gasteiger partial charge in [0.05, 0.1) is 4.90 Å². The van der Waals surface area contributed by atoms with Crippen LogP contribution in [0.1, 0.15) is 11.1 Å². The van der Waals surface area contributed by atoms with E-state index in [1.165, 1.54) is 0 Å². The van der Waals surface area contributed by atoms with Gasteiger partial charge in [0.15, 0.2) is 0 Å². The molecule has 0 amide bonds. The summed E-state index contributed by atoms with van der Waals surface area (Å²) in [6.45, 7) is 2.27. The fourth-order valence-corrected chi connectivity index (χ4v) is 4.36. The predicted molar refractivity (Wildman–Crippen MR) is 112 cm³/mol. The van der Waals surface area contributed by atoms with Crippen LogP contribution in [0.5, 0.6) is 0 Å². The number of rotatable bonds is 6. The Morgan fingerprint density at radius 1 is 0.897 bits per heavy atom. The fourth-order valence-electron chi connectivity index (χ4n) is 2.98. The van der Waals surface area contributed by atoms with Crippen LogP contribution in [0.3, 0.4) is 0 Å². The highest BCUT2D eigenvalue weighted by Gasteiger charge is 2.28. The number of nitrogens with one attached hydrogen (secondary N) is 1. The maximum absolute atomic E-state index is 13.3. The molecule has 0 bridgehead atoms. The van der Waals surface area contributed by atoms with Crippen molar-refractivity contribution in [2.75, 3.05) is 5.32 Å². The maximum Gasteiger partial charge on any atom is 0.234 e. The van der Waals surface area contributed by atoms with Gasteiger partial charge in [0, 0.05) is 12.1 Å². The number of hydrogen-bond acceptors (Lipinski definition) is 5. The number of anilines is 1. The van der Waals surface area contributed by atoms with Gasteiger partial charge in [0.1, 0.15) is 0 Å². The van der Waals surface area contributed by atoms with Crippen molar-refractivity contribution in [1.29, 1.82) is 0 Å². The first-order valence-corrected chi connectivity index (χ1v) is 10.7. The molecule has 0 radical (unpaired) electrons. The highest BCUT2D eigenvalue weighted by atomic mass is 32.2. The van der Waals surface area contributed by atoms with Crippen LogP contribution in [0, 0.1) is 6.92 Å². The molecule has 29 heavy (non-hydrogen) atoms. The molecule has 0 fully saturated rings. The number of aryl methyl sites for hydroxylation is 1. The number of oxazole rings is 1. The van der Waals surface area contributed by atoms with Gasteiger partial charge in [-0.2, -0.15) is 4.98 Å². The van der Waals surface area contributed by atoms with E-state index >= 15 is 0 Å². The lowest BCUT2D eigenvalue weighted by Crippen LogP contribution is -2.07. The van der Waals surface area contributed by atoms with Crippen LogP contribution in [-0.4, -0.2) is 13.4 Å². The van der Waals surface area contributed by atoms with Crippen molar-refractivity contribution in [1.82, 2.24) is 4.98 Å². The molecule has 0 saturated heterocycles. The summed E-state index contributed by atoms with van der Waals surface area (Å²) in [7, 11) is -3.85. The average molecular weight is 404 g/mol. The lowest BCUT2D eigenvalue weighted by atomic mass is 10.2. The molecule has 6 heteroatoms. The summed E-state index contributed by atoms with van der Waals surface area (Å²) in [5.74, 6) is 0.390. The summed E-state index contributed by atoms with van der Waals surface area (Å²) in [4.78, 5) is 4.54. The van der Waals surface area contributed by atoms with Gasteiger partial charge in [0.2, 0.25) is 26.6 Å². The highest BCUT2D eigenvalue weighted by molar-refractivity contribution is 7.91. The van der Waals surface area contributed by atoms with Crippen molar-refractivity contribution in [2.24, 2.45) is 0 Å². The minimum atomic E-state index is -3.85. The number of sulfone groups is 1. The molecule has 4 aromatic rings. The van der Waals surface area contributed by atoms with E-state index in [1.807, 2.05) is 73.7 Å². The minimum Gasteiger partial charge on any atom is -0.419 e. The van der Waals surface area contributed by atoms with Crippen molar-refractivity contribution in [2.45, 2.75) is 23.4 Å². The predicted octanol–water partition coefficient (Wildman–Crippen LogP) is 5.09. The van der Waals surface area contributed by atoms with Crippen LogP contribution < -0.4 is 5.32 Å². The summed E-state index contributed by atoms with van der Waals surface area (Å²) in [6.07, 6.45) is 0. The third kappa shape index (κ3) is 4.07. The number of aromatic nitrogens is 1. The molecule has 0 unspecified atom stereocenters. The molecule has 3 aromatic carbocycles. The van der Waals surface area contributed by atoms with Crippen molar-refractivity contribution >= 4 is 15.7 Å². The van der Waals surface area contributed by atoms with E-state index in [2.05, 4.69) is 10.3 Å². The van der Waals surface area contributed by atoms with E-state index in [1.54, 1.807) is 18.2 Å². The molecule has 146 valence electrons. The smallest absolute Gasteiger partial charge is 0.234 e. The SMILES string of the molecule is Cc1cccc(S(=O)(=O)c2nc(-c3ccccc3)oc2NCc2ccccc2)c1. The molecule has 1 aromatic heterocycles. The van der Waals surface area contributed by atoms with Gasteiger partial charge in [-0.25, -0.2) is 8.42 Å². The van der Waals surface area contributed by atoms with Crippen molar-refractivity contribution < 1.29 is 12.8 Å². The third-order valence-electron chi connectivity index (χ3n) is 4.47. The molecule has 0 aliphatic heterocycles. The van der Waals surface area contributed by atoms with Crippen molar-refractivity contribution in [3.8, 4) is 11.5 Å². The summed E-state index contributed by atoms with van der Waals surface area (Å²) >= 11 is 0. The first-order valence-electron chi connectivity index (χ1n) is 9.20. The Labute approximate surface area is 170 Å². The van der Waals surface area contributed by atoms with Crippen LogP contribution in [-0.2, 0) is 16.4 Å². The van der Waals surface area contributed by atoms with E-state index < -0.39 is 9.84 Å². The Kier molecular flexibility index (Phi) is 5.18. The molecule has 0 aliphatic carbocycles. The first kappa shape index (κ1) is 19.0. The fraction of sp³-hybridized carbons (Fsp3) is 0.0870. The van der Waals surface area contributed by atoms with E-state index in [0.717, 1.165) is 11.1 Å². The second kappa shape index (κ2) is 7.93. The Morgan fingerprint density at radius 2 is 1.59 bits per heavy atom. The van der Waals surface area contributed by atoms with Gasteiger partial charge in [-0.05, 0) is 42.3 Å². The minimum absolute atomic E-state index is 0.113. The van der Waals surface area contributed by atoms with E-state index in [-0.39, 0.29) is 21.7 Å². The van der Waals surface area contributed by atoms with Crippen LogP contribution in [0.2, 0.25) is 0 Å². The molecule has 0 saturated carbocycles. The third-order valence-corrected chi connectivity index (χ3v) is 6.13. The highest BCUT2D eigenvalue weighted by Crippen LogP contribution is 2.32. The number of hydrogen-bond donors (Lipinski definition) is 1. The Balaban J connectivity index is 1.77. The summed E-state index contributed by atoms with van der Waals surface area (Å²) in [5.41, 5.74) is 2.57. The van der Waals surface area contributed by atoms with E-state index in [0.29, 0.717) is 12.1 Å². The molecule has 0 atom stereocenters. The zero-order chi connectivity index (χ0) is 20.3. The Hall–Kier alpha value is -3.38. The molecule has 0 aliphatic rings. The normalized spacial score (nSPS) is 11.3. The molecule has 1 N–H and O–H groups in total. The molecular formula is C23H20N2O3S. The van der Waals surface area contributed by atoms with Gasteiger partial charge in [-0.1, -0.05) is 60.7 Å². The van der Waals surface area contributed by atoms with Gasteiger partial charge >= 0.3 is 0 Å². The molecule has 0 spiro atoms. The van der Waals surface area contributed by atoms with Gasteiger partial charge in [-0.3, -0.25) is 0 Å². The van der Waals surface area contributed by atoms with Crippen LogP contribution in [0.4, 0.5) is 5.88 Å². The average Bonchev–Trinajstić information content (AvgIpc) is 3.19. The van der Waals surface area contributed by atoms with Gasteiger partial charge in [0.25, 0.3) is 0 Å². The molecule has 4 rings (SSSR count). The zero-order valence-electron chi connectivity index (χ0n) is 15.9. The molecule has 5 nitrogen and oxygen atoms in total. The van der Waals surface area contributed by atoms with Crippen LogP contribution in [0.15, 0.2) is 99.3 Å². The first-order chi connectivity index (χ1) is 14.0. The van der Waals surface area contributed by atoms with Gasteiger partial charge in [-0.15, -0.1) is 0 Å².